The molecule has 3 aromatic rings. The monoisotopic (exact) mass is 311 g/mol. The Morgan fingerprint density at radius 3 is 2.73 bits per heavy atom. The van der Waals surface area contributed by atoms with Gasteiger partial charge >= 0.3 is 0 Å². The molecule has 0 spiro atoms. The van der Waals surface area contributed by atoms with Gasteiger partial charge in [-0.15, -0.1) is 0 Å². The van der Waals surface area contributed by atoms with Crippen LogP contribution in [0.2, 0.25) is 0 Å². The molecule has 0 bridgehead atoms. The standard InChI is InChI=1S/C16H13N3O2S/c1-21-13-9-5-8-12(10-13)14-17-16(22-19-14)18-15(20)11-6-3-2-4-7-11/h2-10H,1H3,(H,17,18,19,20). The van der Waals surface area contributed by atoms with Gasteiger partial charge in [0.25, 0.3) is 5.91 Å². The Bertz CT molecular complexity index is 787. The van der Waals surface area contributed by atoms with Gasteiger partial charge in [0.05, 0.1) is 7.11 Å². The van der Waals surface area contributed by atoms with Gasteiger partial charge in [-0.05, 0) is 24.3 Å². The van der Waals surface area contributed by atoms with Crippen LogP contribution in [-0.2, 0) is 0 Å². The third kappa shape index (κ3) is 3.12. The lowest BCUT2D eigenvalue weighted by atomic mass is 10.2. The Labute approximate surface area is 131 Å². The first-order valence-corrected chi connectivity index (χ1v) is 7.38. The fraction of sp³-hybridized carbons (Fsp3) is 0.0625. The van der Waals surface area contributed by atoms with Crippen molar-refractivity contribution in [1.82, 2.24) is 9.36 Å². The number of anilines is 1. The summed E-state index contributed by atoms with van der Waals surface area (Å²) in [6.07, 6.45) is 0. The van der Waals surface area contributed by atoms with E-state index in [1.807, 2.05) is 42.5 Å². The molecule has 0 fully saturated rings. The number of nitrogens with one attached hydrogen (secondary N) is 1. The van der Waals surface area contributed by atoms with Crippen LogP contribution in [0.15, 0.2) is 54.6 Å². The number of benzene rings is 2. The molecule has 1 heterocycles. The lowest BCUT2D eigenvalue weighted by Crippen LogP contribution is -2.11. The van der Waals surface area contributed by atoms with Gasteiger partial charge < -0.3 is 4.74 Å². The van der Waals surface area contributed by atoms with E-state index in [2.05, 4.69) is 14.7 Å². The molecule has 0 aliphatic rings. The Morgan fingerprint density at radius 1 is 1.14 bits per heavy atom. The molecular formula is C16H13N3O2S. The number of carbonyl (C=O) groups excluding carboxylic acids is 1. The minimum absolute atomic E-state index is 0.200. The molecule has 0 aliphatic carbocycles. The molecule has 6 heteroatoms. The Hall–Kier alpha value is -2.73. The number of hydrogen-bond donors (Lipinski definition) is 1. The van der Waals surface area contributed by atoms with Crippen molar-refractivity contribution in [3.05, 3.63) is 60.2 Å². The molecule has 5 nitrogen and oxygen atoms in total. The molecule has 0 saturated carbocycles. The van der Waals surface area contributed by atoms with E-state index in [4.69, 9.17) is 4.74 Å². The Morgan fingerprint density at radius 2 is 1.95 bits per heavy atom. The highest BCUT2D eigenvalue weighted by atomic mass is 32.1. The van der Waals surface area contributed by atoms with Crippen molar-refractivity contribution in [2.24, 2.45) is 0 Å². The molecule has 1 N–H and O–H groups in total. The highest BCUT2D eigenvalue weighted by molar-refractivity contribution is 7.10. The van der Waals surface area contributed by atoms with E-state index >= 15 is 0 Å². The summed E-state index contributed by atoms with van der Waals surface area (Å²) in [5.74, 6) is 1.10. The number of nitrogens with zero attached hydrogens (tertiary/aromatic N) is 2. The van der Waals surface area contributed by atoms with Crippen LogP contribution in [0.1, 0.15) is 10.4 Å². The van der Waals surface area contributed by atoms with E-state index in [0.29, 0.717) is 16.5 Å². The molecule has 0 radical (unpaired) electrons. The number of ether oxygens (including phenoxy) is 1. The zero-order valence-corrected chi connectivity index (χ0v) is 12.6. The van der Waals surface area contributed by atoms with Crippen molar-refractivity contribution < 1.29 is 9.53 Å². The van der Waals surface area contributed by atoms with Gasteiger partial charge in [0.15, 0.2) is 5.82 Å². The van der Waals surface area contributed by atoms with Gasteiger partial charge in [-0.3, -0.25) is 10.1 Å². The average Bonchev–Trinajstić information content (AvgIpc) is 3.04. The normalized spacial score (nSPS) is 10.2. The second-order valence-corrected chi connectivity index (χ2v) is 5.23. The van der Waals surface area contributed by atoms with Crippen molar-refractivity contribution in [3.63, 3.8) is 0 Å². The summed E-state index contributed by atoms with van der Waals surface area (Å²) in [6, 6.07) is 16.5. The van der Waals surface area contributed by atoms with Crippen LogP contribution in [0.25, 0.3) is 11.4 Å². The summed E-state index contributed by atoms with van der Waals surface area (Å²) in [7, 11) is 1.61. The molecule has 3 rings (SSSR count). The predicted octanol–water partition coefficient (Wildman–Crippen LogP) is 3.47. The first-order valence-electron chi connectivity index (χ1n) is 6.61. The van der Waals surface area contributed by atoms with E-state index in [1.165, 1.54) is 0 Å². The van der Waals surface area contributed by atoms with Gasteiger partial charge in [-0.1, -0.05) is 30.3 Å². The SMILES string of the molecule is COc1cccc(-c2nsc(NC(=O)c3ccccc3)n2)c1. The highest BCUT2D eigenvalue weighted by Crippen LogP contribution is 2.24. The first-order chi connectivity index (χ1) is 10.8. The Kier molecular flexibility index (Phi) is 4.11. The van der Waals surface area contributed by atoms with Crippen LogP contribution in [0, 0.1) is 0 Å². The van der Waals surface area contributed by atoms with Crippen LogP contribution in [0.5, 0.6) is 5.75 Å². The summed E-state index contributed by atoms with van der Waals surface area (Å²) >= 11 is 1.15. The lowest BCUT2D eigenvalue weighted by Gasteiger charge is -2.01. The van der Waals surface area contributed by atoms with E-state index in [0.717, 1.165) is 22.8 Å². The predicted molar refractivity (Wildman–Crippen MR) is 86.3 cm³/mol. The maximum absolute atomic E-state index is 12.1. The molecule has 0 aliphatic heterocycles. The van der Waals surface area contributed by atoms with E-state index in [9.17, 15) is 4.79 Å². The number of aromatic nitrogens is 2. The Balaban J connectivity index is 1.78. The third-order valence-corrected chi connectivity index (χ3v) is 3.64. The van der Waals surface area contributed by atoms with Crippen molar-refractivity contribution in [3.8, 4) is 17.1 Å². The summed E-state index contributed by atoms with van der Waals surface area (Å²) in [5.41, 5.74) is 1.43. The molecule has 0 unspecified atom stereocenters. The van der Waals surface area contributed by atoms with Gasteiger partial charge in [0.2, 0.25) is 5.13 Å². The van der Waals surface area contributed by atoms with Crippen LogP contribution < -0.4 is 10.1 Å². The fourth-order valence-corrected chi connectivity index (χ4v) is 2.50. The molecule has 22 heavy (non-hydrogen) atoms. The summed E-state index contributed by atoms with van der Waals surface area (Å²) in [5, 5.41) is 3.22. The van der Waals surface area contributed by atoms with Crippen molar-refractivity contribution in [2.45, 2.75) is 0 Å². The molecule has 1 aromatic heterocycles. The largest absolute Gasteiger partial charge is 0.497 e. The molecule has 0 saturated heterocycles. The van der Waals surface area contributed by atoms with Crippen LogP contribution >= 0.6 is 11.5 Å². The minimum atomic E-state index is -0.200. The first kappa shape index (κ1) is 14.2. The van der Waals surface area contributed by atoms with Crippen molar-refractivity contribution in [1.29, 1.82) is 0 Å². The molecule has 2 aromatic carbocycles. The van der Waals surface area contributed by atoms with Crippen molar-refractivity contribution >= 4 is 22.6 Å². The molecule has 0 atom stereocenters. The topological polar surface area (TPSA) is 64.1 Å². The van der Waals surface area contributed by atoms with Gasteiger partial charge in [0, 0.05) is 22.7 Å². The second kappa shape index (κ2) is 6.36. The van der Waals surface area contributed by atoms with Crippen LogP contribution in [0.3, 0.4) is 0 Å². The quantitative estimate of drug-likeness (QED) is 0.801. The van der Waals surface area contributed by atoms with E-state index in [-0.39, 0.29) is 5.91 Å². The van der Waals surface area contributed by atoms with Gasteiger partial charge in [0.1, 0.15) is 5.75 Å². The second-order valence-electron chi connectivity index (χ2n) is 4.48. The fourth-order valence-electron chi connectivity index (χ4n) is 1.91. The van der Waals surface area contributed by atoms with Gasteiger partial charge in [-0.25, -0.2) is 0 Å². The van der Waals surface area contributed by atoms with E-state index in [1.54, 1.807) is 19.2 Å². The molecule has 1 amide bonds. The number of carbonyl (C=O) groups is 1. The zero-order chi connectivity index (χ0) is 15.4. The van der Waals surface area contributed by atoms with E-state index < -0.39 is 0 Å². The summed E-state index contributed by atoms with van der Waals surface area (Å²) < 4.78 is 9.45. The number of rotatable bonds is 4. The number of hydrogen-bond acceptors (Lipinski definition) is 5. The third-order valence-electron chi connectivity index (χ3n) is 3.01. The van der Waals surface area contributed by atoms with Crippen molar-refractivity contribution in [2.75, 3.05) is 12.4 Å². The highest BCUT2D eigenvalue weighted by Gasteiger charge is 2.11. The van der Waals surface area contributed by atoms with Crippen LogP contribution in [0.4, 0.5) is 5.13 Å². The van der Waals surface area contributed by atoms with Gasteiger partial charge in [-0.2, -0.15) is 9.36 Å². The summed E-state index contributed by atoms with van der Waals surface area (Å²) in [6.45, 7) is 0. The zero-order valence-electron chi connectivity index (χ0n) is 11.8. The smallest absolute Gasteiger partial charge is 0.257 e. The maximum Gasteiger partial charge on any atom is 0.257 e. The summed E-state index contributed by atoms with van der Waals surface area (Å²) in [4.78, 5) is 16.4. The average molecular weight is 311 g/mol. The molecule has 110 valence electrons. The number of amides is 1. The molecular weight excluding hydrogens is 298 g/mol. The van der Waals surface area contributed by atoms with Crippen LogP contribution in [-0.4, -0.2) is 22.4 Å². The maximum atomic E-state index is 12.1. The number of methoxy groups -OCH3 is 1. The lowest BCUT2D eigenvalue weighted by molar-refractivity contribution is 0.102. The minimum Gasteiger partial charge on any atom is -0.497 e.